The van der Waals surface area contributed by atoms with E-state index in [0.29, 0.717) is 19.0 Å². The van der Waals surface area contributed by atoms with Gasteiger partial charge in [-0.3, -0.25) is 0 Å². The summed E-state index contributed by atoms with van der Waals surface area (Å²) < 4.78 is 13.8. The number of nitrogens with two attached hydrogens (primary N) is 1. The van der Waals surface area contributed by atoms with Crippen LogP contribution in [0.2, 0.25) is 0 Å². The Bertz CT molecular complexity index is 562. The Labute approximate surface area is 122 Å². The second kappa shape index (κ2) is 6.43. The van der Waals surface area contributed by atoms with Gasteiger partial charge in [0.15, 0.2) is 5.84 Å². The maximum absolute atomic E-state index is 13.8. The molecule has 1 unspecified atom stereocenters. The van der Waals surface area contributed by atoms with Gasteiger partial charge in [-0.25, -0.2) is 9.18 Å². The number of likely N-dealkylation sites (tertiary alicyclic amines) is 1. The van der Waals surface area contributed by atoms with Crippen LogP contribution in [0.3, 0.4) is 0 Å². The fraction of sp³-hybridized carbons (Fsp3) is 0.429. The molecule has 0 aromatic heterocycles. The van der Waals surface area contributed by atoms with Gasteiger partial charge in [0.25, 0.3) is 0 Å². The lowest BCUT2D eigenvalue weighted by Gasteiger charge is -2.31. The monoisotopic (exact) mass is 294 g/mol. The predicted molar refractivity (Wildman–Crippen MR) is 77.9 cm³/mol. The number of amidine groups is 1. The Morgan fingerprint density at radius 3 is 3.00 bits per heavy atom. The number of hydrogen-bond donors (Lipinski definition) is 3. The van der Waals surface area contributed by atoms with Crippen molar-refractivity contribution in [1.82, 2.24) is 4.90 Å². The average Bonchev–Trinajstić information content (AvgIpc) is 2.46. The highest BCUT2D eigenvalue weighted by molar-refractivity contribution is 6.05. The molecule has 1 heterocycles. The van der Waals surface area contributed by atoms with Crippen LogP contribution < -0.4 is 11.1 Å². The first-order chi connectivity index (χ1) is 10.0. The Kier molecular flexibility index (Phi) is 4.62. The van der Waals surface area contributed by atoms with Crippen LogP contribution >= 0.6 is 0 Å². The predicted octanol–water partition coefficient (Wildman–Crippen LogP) is 2.18. The highest BCUT2D eigenvalue weighted by Gasteiger charge is 2.22. The highest BCUT2D eigenvalue weighted by atomic mass is 19.1. The van der Waals surface area contributed by atoms with Gasteiger partial charge in [0.2, 0.25) is 0 Å². The number of carbonyl (C=O) groups is 1. The maximum Gasteiger partial charge on any atom is 0.321 e. The molecule has 1 aromatic rings. The zero-order chi connectivity index (χ0) is 15.4. The molecule has 1 aliphatic rings. The summed E-state index contributed by atoms with van der Waals surface area (Å²) >= 11 is 0. The van der Waals surface area contributed by atoms with Gasteiger partial charge in [-0.1, -0.05) is 18.1 Å². The lowest BCUT2D eigenvalue weighted by molar-refractivity contribution is 0.182. The number of piperidine rings is 1. The molecule has 0 radical (unpaired) electrons. The summed E-state index contributed by atoms with van der Waals surface area (Å²) in [5.74, 6) is -0.592. The standard InChI is InChI=1S/C14H19FN4O2/c1-9-4-3-7-19(8-9)14(20)17-11-6-2-5-10(15)12(11)13(16)18-21/h2,5-6,9,21H,3-4,7-8H2,1H3,(H2,16,18)(H,17,20). The molecule has 7 heteroatoms. The third-order valence-corrected chi connectivity index (χ3v) is 3.56. The first-order valence-corrected chi connectivity index (χ1v) is 6.85. The molecular formula is C14H19FN4O2. The second-order valence-electron chi connectivity index (χ2n) is 5.27. The SMILES string of the molecule is CC1CCCN(C(=O)Nc2cccc(F)c2C(N)=NO)C1. The molecule has 1 aliphatic heterocycles. The van der Waals surface area contributed by atoms with Gasteiger partial charge in [-0.05, 0) is 30.9 Å². The van der Waals surface area contributed by atoms with Crippen LogP contribution in [0.25, 0.3) is 0 Å². The number of amides is 2. The van der Waals surface area contributed by atoms with E-state index in [2.05, 4.69) is 17.4 Å². The van der Waals surface area contributed by atoms with Crippen molar-refractivity contribution >= 4 is 17.6 Å². The van der Waals surface area contributed by atoms with Crippen molar-refractivity contribution in [3.8, 4) is 0 Å². The number of halogens is 1. The molecule has 6 nitrogen and oxygen atoms in total. The van der Waals surface area contributed by atoms with Gasteiger partial charge in [0.05, 0.1) is 11.3 Å². The molecule has 1 atom stereocenters. The van der Waals surface area contributed by atoms with Crippen LogP contribution in [0, 0.1) is 11.7 Å². The molecule has 21 heavy (non-hydrogen) atoms. The summed E-state index contributed by atoms with van der Waals surface area (Å²) in [6.45, 7) is 3.42. The molecule has 2 amide bonds. The average molecular weight is 294 g/mol. The third-order valence-electron chi connectivity index (χ3n) is 3.56. The number of oxime groups is 1. The van der Waals surface area contributed by atoms with Crippen molar-refractivity contribution in [1.29, 1.82) is 0 Å². The Hall–Kier alpha value is -2.31. The van der Waals surface area contributed by atoms with E-state index in [0.717, 1.165) is 12.8 Å². The minimum Gasteiger partial charge on any atom is -0.409 e. The van der Waals surface area contributed by atoms with Gasteiger partial charge in [-0.2, -0.15) is 0 Å². The molecule has 1 saturated heterocycles. The zero-order valence-electron chi connectivity index (χ0n) is 11.8. The number of nitrogens with zero attached hydrogens (tertiary/aromatic N) is 2. The van der Waals surface area contributed by atoms with Crippen LogP contribution in [0.5, 0.6) is 0 Å². The fourth-order valence-corrected chi connectivity index (χ4v) is 2.51. The largest absolute Gasteiger partial charge is 0.409 e. The summed E-state index contributed by atoms with van der Waals surface area (Å²) in [5, 5.41) is 14.2. The van der Waals surface area contributed by atoms with E-state index in [9.17, 15) is 9.18 Å². The van der Waals surface area contributed by atoms with Gasteiger partial charge >= 0.3 is 6.03 Å². The van der Waals surface area contributed by atoms with Crippen LogP contribution in [0.1, 0.15) is 25.3 Å². The normalized spacial score (nSPS) is 19.4. The van der Waals surface area contributed by atoms with Gasteiger partial charge in [-0.15, -0.1) is 0 Å². The van der Waals surface area contributed by atoms with Crippen molar-refractivity contribution in [2.45, 2.75) is 19.8 Å². The van der Waals surface area contributed by atoms with E-state index >= 15 is 0 Å². The minimum atomic E-state index is -0.657. The second-order valence-corrected chi connectivity index (χ2v) is 5.27. The molecule has 0 spiro atoms. The molecule has 0 aliphatic carbocycles. The lowest BCUT2D eigenvalue weighted by atomic mass is 10.0. The van der Waals surface area contributed by atoms with Gasteiger partial charge < -0.3 is 21.2 Å². The van der Waals surface area contributed by atoms with Crippen molar-refractivity contribution in [3.05, 3.63) is 29.6 Å². The van der Waals surface area contributed by atoms with Crippen LogP contribution in [-0.4, -0.2) is 35.1 Å². The highest BCUT2D eigenvalue weighted by Crippen LogP contribution is 2.21. The van der Waals surface area contributed by atoms with Crippen LogP contribution in [0.15, 0.2) is 23.4 Å². The molecule has 0 saturated carbocycles. The van der Waals surface area contributed by atoms with E-state index in [1.54, 1.807) is 4.90 Å². The summed E-state index contributed by atoms with van der Waals surface area (Å²) in [6.07, 6.45) is 2.05. The fourth-order valence-electron chi connectivity index (χ4n) is 2.51. The number of nitrogens with one attached hydrogen (secondary N) is 1. The first-order valence-electron chi connectivity index (χ1n) is 6.85. The van der Waals surface area contributed by atoms with Gasteiger partial charge in [0.1, 0.15) is 5.82 Å². The molecule has 1 aromatic carbocycles. The quantitative estimate of drug-likeness (QED) is 0.338. The molecule has 2 rings (SSSR count). The Morgan fingerprint density at radius 1 is 1.57 bits per heavy atom. The Balaban J connectivity index is 2.19. The minimum absolute atomic E-state index is 0.113. The maximum atomic E-state index is 13.8. The van der Waals surface area contributed by atoms with Crippen LogP contribution in [-0.2, 0) is 0 Å². The van der Waals surface area contributed by atoms with E-state index in [4.69, 9.17) is 10.9 Å². The van der Waals surface area contributed by atoms with E-state index in [-0.39, 0.29) is 23.1 Å². The van der Waals surface area contributed by atoms with E-state index in [1.807, 2.05) is 0 Å². The number of rotatable bonds is 2. The number of anilines is 1. The smallest absolute Gasteiger partial charge is 0.321 e. The van der Waals surface area contributed by atoms with Gasteiger partial charge in [0, 0.05) is 13.1 Å². The van der Waals surface area contributed by atoms with E-state index in [1.165, 1.54) is 18.2 Å². The van der Waals surface area contributed by atoms with E-state index < -0.39 is 5.82 Å². The summed E-state index contributed by atoms with van der Waals surface area (Å²) in [4.78, 5) is 13.9. The molecule has 4 N–H and O–H groups in total. The molecule has 114 valence electrons. The summed E-state index contributed by atoms with van der Waals surface area (Å²) in [5.41, 5.74) is 5.54. The Morgan fingerprint density at radius 2 is 2.33 bits per heavy atom. The topological polar surface area (TPSA) is 91.0 Å². The summed E-state index contributed by atoms with van der Waals surface area (Å²) in [7, 11) is 0. The molecular weight excluding hydrogens is 275 g/mol. The van der Waals surface area contributed by atoms with Crippen LogP contribution in [0.4, 0.5) is 14.9 Å². The molecule has 0 bridgehead atoms. The summed E-state index contributed by atoms with van der Waals surface area (Å²) in [6, 6.07) is 3.85. The van der Waals surface area contributed by atoms with Crippen molar-refractivity contribution in [2.24, 2.45) is 16.8 Å². The lowest BCUT2D eigenvalue weighted by Crippen LogP contribution is -2.42. The number of benzene rings is 1. The number of hydrogen-bond acceptors (Lipinski definition) is 3. The zero-order valence-corrected chi connectivity index (χ0v) is 11.8. The van der Waals surface area contributed by atoms with Crippen molar-refractivity contribution < 1.29 is 14.4 Å². The van der Waals surface area contributed by atoms with Crippen molar-refractivity contribution in [2.75, 3.05) is 18.4 Å². The number of carbonyl (C=O) groups excluding carboxylic acids is 1. The number of urea groups is 1. The van der Waals surface area contributed by atoms with Crippen molar-refractivity contribution in [3.63, 3.8) is 0 Å². The third kappa shape index (κ3) is 3.42. The molecule has 1 fully saturated rings. The first kappa shape index (κ1) is 15.1.